The molecule has 0 amide bonds. The summed E-state index contributed by atoms with van der Waals surface area (Å²) in [5.74, 6) is -1.02. The van der Waals surface area contributed by atoms with Gasteiger partial charge in [-0.2, -0.15) is 4.37 Å². The number of pyridine rings is 1. The number of benzene rings is 1. The van der Waals surface area contributed by atoms with Crippen LogP contribution < -0.4 is 5.32 Å². The Morgan fingerprint density at radius 3 is 2.85 bits per heavy atom. The third-order valence-electron chi connectivity index (χ3n) is 2.88. The van der Waals surface area contributed by atoms with Gasteiger partial charge in [0.05, 0.1) is 5.52 Å². The van der Waals surface area contributed by atoms with E-state index < -0.39 is 5.97 Å². The zero-order valence-corrected chi connectivity index (χ0v) is 11.2. The molecule has 0 radical (unpaired) electrons. The van der Waals surface area contributed by atoms with Gasteiger partial charge in [-0.15, -0.1) is 0 Å². The molecule has 0 bridgehead atoms. The average molecular weight is 285 g/mol. The fraction of sp³-hybridized carbons (Fsp3) is 0.0714. The molecule has 0 aliphatic heterocycles. The van der Waals surface area contributed by atoms with Gasteiger partial charge in [-0.05, 0) is 35.3 Å². The summed E-state index contributed by atoms with van der Waals surface area (Å²) in [6.45, 7) is 0.582. The highest BCUT2D eigenvalue weighted by atomic mass is 32.1. The molecule has 0 saturated heterocycles. The molecule has 2 N–H and O–H groups in total. The average Bonchev–Trinajstić information content (AvgIpc) is 2.89. The molecule has 6 heteroatoms. The number of nitrogens with one attached hydrogen (secondary N) is 1. The van der Waals surface area contributed by atoms with Gasteiger partial charge in [-0.25, -0.2) is 9.78 Å². The summed E-state index contributed by atoms with van der Waals surface area (Å²) in [5.41, 5.74) is 1.95. The van der Waals surface area contributed by atoms with Crippen LogP contribution in [0.2, 0.25) is 0 Å². The van der Waals surface area contributed by atoms with Crippen molar-refractivity contribution >= 4 is 33.4 Å². The van der Waals surface area contributed by atoms with Gasteiger partial charge in [0.1, 0.15) is 10.7 Å². The molecule has 100 valence electrons. The van der Waals surface area contributed by atoms with Crippen LogP contribution in [0.3, 0.4) is 0 Å². The number of hydrogen-bond donors (Lipinski definition) is 2. The van der Waals surface area contributed by atoms with Gasteiger partial charge in [-0.3, -0.25) is 0 Å². The maximum absolute atomic E-state index is 10.7. The second-order valence-corrected chi connectivity index (χ2v) is 5.01. The highest BCUT2D eigenvalue weighted by Crippen LogP contribution is 2.27. The molecule has 2 aromatic heterocycles. The largest absolute Gasteiger partial charge is 0.477 e. The van der Waals surface area contributed by atoms with Crippen molar-refractivity contribution in [3.05, 3.63) is 53.9 Å². The quantitative estimate of drug-likeness (QED) is 0.770. The molecular formula is C14H11N3O2S. The van der Waals surface area contributed by atoms with Crippen molar-refractivity contribution in [1.29, 1.82) is 0 Å². The summed E-state index contributed by atoms with van der Waals surface area (Å²) in [4.78, 5) is 14.6. The van der Waals surface area contributed by atoms with Gasteiger partial charge >= 0.3 is 5.97 Å². The number of anilines is 1. The fourth-order valence-corrected chi connectivity index (χ4v) is 2.61. The molecule has 20 heavy (non-hydrogen) atoms. The molecule has 0 aliphatic carbocycles. The lowest BCUT2D eigenvalue weighted by Crippen LogP contribution is -2.03. The smallest absolute Gasteiger partial charge is 0.354 e. The summed E-state index contributed by atoms with van der Waals surface area (Å²) in [7, 11) is 0. The second kappa shape index (κ2) is 5.26. The molecule has 5 nitrogen and oxygen atoms in total. The van der Waals surface area contributed by atoms with Crippen molar-refractivity contribution in [3.8, 4) is 0 Å². The predicted molar refractivity (Wildman–Crippen MR) is 78.1 cm³/mol. The number of carbonyl (C=O) groups is 1. The minimum Gasteiger partial charge on any atom is -0.477 e. The number of carboxylic acid groups (broad SMARTS) is 1. The Morgan fingerprint density at radius 1 is 1.25 bits per heavy atom. The van der Waals surface area contributed by atoms with Gasteiger partial charge in [0.25, 0.3) is 0 Å². The van der Waals surface area contributed by atoms with Crippen LogP contribution in [0.15, 0.2) is 42.6 Å². The highest BCUT2D eigenvalue weighted by Gasteiger charge is 2.06. The Balaban J connectivity index is 1.74. The third kappa shape index (κ3) is 2.46. The standard InChI is InChI=1S/C14H11N3O2S/c18-14(19)12-6-5-9(7-15-12)8-16-13-10-3-1-2-4-11(10)17-20-13/h1-7,16H,8H2,(H,18,19). The second-order valence-electron chi connectivity index (χ2n) is 4.24. The van der Waals surface area contributed by atoms with E-state index in [1.165, 1.54) is 17.6 Å². The molecule has 0 aliphatic rings. The topological polar surface area (TPSA) is 75.1 Å². The van der Waals surface area contributed by atoms with E-state index in [0.29, 0.717) is 6.54 Å². The minimum absolute atomic E-state index is 0.0528. The first-order valence-electron chi connectivity index (χ1n) is 6.00. The molecular weight excluding hydrogens is 274 g/mol. The molecule has 2 heterocycles. The molecule has 0 saturated carbocycles. The number of aromatic carboxylic acids is 1. The van der Waals surface area contributed by atoms with Crippen LogP contribution in [0, 0.1) is 0 Å². The van der Waals surface area contributed by atoms with Crippen molar-refractivity contribution in [1.82, 2.24) is 9.36 Å². The van der Waals surface area contributed by atoms with Crippen molar-refractivity contribution in [2.45, 2.75) is 6.54 Å². The van der Waals surface area contributed by atoms with E-state index in [1.54, 1.807) is 12.3 Å². The van der Waals surface area contributed by atoms with Crippen LogP contribution in [0.5, 0.6) is 0 Å². The first-order valence-corrected chi connectivity index (χ1v) is 6.78. The molecule has 0 fully saturated rings. The normalized spacial score (nSPS) is 10.6. The third-order valence-corrected chi connectivity index (χ3v) is 3.72. The van der Waals surface area contributed by atoms with Crippen LogP contribution in [-0.4, -0.2) is 20.4 Å². The molecule has 3 aromatic rings. The number of rotatable bonds is 4. The Morgan fingerprint density at radius 2 is 2.10 bits per heavy atom. The number of aromatic nitrogens is 2. The van der Waals surface area contributed by atoms with Crippen molar-refractivity contribution in [3.63, 3.8) is 0 Å². The Labute approximate surface area is 119 Å². The van der Waals surface area contributed by atoms with Crippen LogP contribution in [0.4, 0.5) is 5.00 Å². The van der Waals surface area contributed by atoms with E-state index in [0.717, 1.165) is 21.5 Å². The molecule has 3 rings (SSSR count). The zero-order valence-electron chi connectivity index (χ0n) is 10.4. The van der Waals surface area contributed by atoms with Gasteiger partial charge in [0.2, 0.25) is 0 Å². The van der Waals surface area contributed by atoms with E-state index in [2.05, 4.69) is 14.7 Å². The number of carboxylic acids is 1. The summed E-state index contributed by atoms with van der Waals surface area (Å²) in [6.07, 6.45) is 1.57. The lowest BCUT2D eigenvalue weighted by Gasteiger charge is -2.04. The van der Waals surface area contributed by atoms with Gasteiger partial charge in [0, 0.05) is 18.1 Å². The minimum atomic E-state index is -1.02. The molecule has 0 unspecified atom stereocenters. The Hall–Kier alpha value is -2.47. The summed E-state index contributed by atoms with van der Waals surface area (Å²) < 4.78 is 4.35. The maximum Gasteiger partial charge on any atom is 0.354 e. The molecule has 0 spiro atoms. The maximum atomic E-state index is 10.7. The number of nitrogens with zero attached hydrogens (tertiary/aromatic N) is 2. The van der Waals surface area contributed by atoms with Crippen LogP contribution in [0.1, 0.15) is 16.1 Å². The predicted octanol–water partition coefficient (Wildman–Crippen LogP) is 3.00. The van der Waals surface area contributed by atoms with E-state index >= 15 is 0 Å². The van der Waals surface area contributed by atoms with E-state index in [1.807, 2.05) is 24.3 Å². The van der Waals surface area contributed by atoms with E-state index in [9.17, 15) is 4.79 Å². The van der Waals surface area contributed by atoms with Crippen LogP contribution in [-0.2, 0) is 6.54 Å². The zero-order chi connectivity index (χ0) is 13.9. The lowest BCUT2D eigenvalue weighted by molar-refractivity contribution is 0.0690. The first-order chi connectivity index (χ1) is 9.74. The van der Waals surface area contributed by atoms with E-state index in [4.69, 9.17) is 5.11 Å². The number of fused-ring (bicyclic) bond motifs is 1. The Kier molecular flexibility index (Phi) is 3.30. The van der Waals surface area contributed by atoms with Crippen molar-refractivity contribution in [2.24, 2.45) is 0 Å². The first kappa shape index (κ1) is 12.6. The lowest BCUT2D eigenvalue weighted by atomic mass is 10.2. The van der Waals surface area contributed by atoms with Crippen molar-refractivity contribution in [2.75, 3.05) is 5.32 Å². The summed E-state index contributed by atoms with van der Waals surface area (Å²) in [6, 6.07) is 11.2. The Bertz CT molecular complexity index is 752. The van der Waals surface area contributed by atoms with Gasteiger partial charge in [0.15, 0.2) is 0 Å². The van der Waals surface area contributed by atoms with Crippen LogP contribution in [0.25, 0.3) is 10.9 Å². The van der Waals surface area contributed by atoms with Crippen molar-refractivity contribution < 1.29 is 9.90 Å². The summed E-state index contributed by atoms with van der Waals surface area (Å²) >= 11 is 1.41. The number of hydrogen-bond acceptors (Lipinski definition) is 5. The van der Waals surface area contributed by atoms with E-state index in [-0.39, 0.29) is 5.69 Å². The van der Waals surface area contributed by atoms with Gasteiger partial charge in [-0.1, -0.05) is 18.2 Å². The summed E-state index contributed by atoms with van der Waals surface area (Å²) in [5, 5.41) is 14.2. The van der Waals surface area contributed by atoms with Gasteiger partial charge < -0.3 is 10.4 Å². The molecule has 1 aromatic carbocycles. The monoisotopic (exact) mass is 285 g/mol. The molecule has 0 atom stereocenters. The fourth-order valence-electron chi connectivity index (χ4n) is 1.85. The van der Waals surface area contributed by atoms with Crippen LogP contribution >= 0.6 is 11.5 Å². The highest BCUT2D eigenvalue weighted by molar-refractivity contribution is 7.11. The SMILES string of the molecule is O=C(O)c1ccc(CNc2snc3ccccc23)cn1.